The Balaban J connectivity index is 2.91. The lowest BCUT2D eigenvalue weighted by Crippen LogP contribution is -2.32. The summed E-state index contributed by atoms with van der Waals surface area (Å²) in [7, 11) is -4.16. The van der Waals surface area contributed by atoms with E-state index in [1.807, 2.05) is 0 Å². The Morgan fingerprint density at radius 2 is 2.00 bits per heavy atom. The number of hydrogen-bond donors (Lipinski definition) is 4. The Morgan fingerprint density at radius 3 is 2.53 bits per heavy atom. The van der Waals surface area contributed by atoms with Gasteiger partial charge in [0.2, 0.25) is 0 Å². The summed E-state index contributed by atoms with van der Waals surface area (Å²) in [5, 5.41) is 8.72. The third kappa shape index (κ3) is 5.48. The average Bonchev–Trinajstić information content (AvgIpc) is 2.26. The van der Waals surface area contributed by atoms with Crippen molar-refractivity contribution in [3.63, 3.8) is 0 Å². The van der Waals surface area contributed by atoms with Crippen LogP contribution in [0.25, 0.3) is 0 Å². The molecule has 0 aromatic heterocycles. The topological polar surface area (TPSA) is 121 Å². The van der Waals surface area contributed by atoms with Crippen LogP contribution < -0.4 is 5.73 Å². The molecule has 0 aliphatic rings. The number of carboxylic acid groups (broad SMARTS) is 1. The van der Waals surface area contributed by atoms with Gasteiger partial charge >= 0.3 is 13.6 Å². The molecule has 1 unspecified atom stereocenters. The zero-order valence-electron chi connectivity index (χ0n) is 9.99. The van der Waals surface area contributed by atoms with E-state index in [1.165, 1.54) is 6.07 Å². The summed E-state index contributed by atoms with van der Waals surface area (Å²) in [6.07, 6.45) is -0.441. The van der Waals surface area contributed by atoms with Gasteiger partial charge in [-0.05, 0) is 36.1 Å². The van der Waals surface area contributed by atoms with Crippen LogP contribution >= 0.6 is 7.60 Å². The van der Waals surface area contributed by atoms with Crippen LogP contribution in [0.15, 0.2) is 18.2 Å². The Bertz CT molecular complexity index is 516. The summed E-state index contributed by atoms with van der Waals surface area (Å²) in [6, 6.07) is 2.49. The number of aliphatic carboxylic acids is 1. The first kappa shape index (κ1) is 15.8. The van der Waals surface area contributed by atoms with Gasteiger partial charge in [0, 0.05) is 0 Å². The largest absolute Gasteiger partial charge is 0.480 e. The summed E-state index contributed by atoms with van der Waals surface area (Å²) in [4.78, 5) is 28.3. The molecular weight excluding hydrogens is 276 g/mol. The molecule has 1 aromatic rings. The zero-order valence-corrected chi connectivity index (χ0v) is 10.9. The van der Waals surface area contributed by atoms with Gasteiger partial charge in [-0.2, -0.15) is 0 Å². The third-order valence-electron chi connectivity index (χ3n) is 2.60. The van der Waals surface area contributed by atoms with E-state index >= 15 is 0 Å². The molecule has 0 saturated heterocycles. The van der Waals surface area contributed by atoms with E-state index < -0.39 is 25.4 Å². The molecule has 19 heavy (non-hydrogen) atoms. The Labute approximate surface area is 109 Å². The summed E-state index contributed by atoms with van der Waals surface area (Å²) in [6.45, 7) is 0. The van der Waals surface area contributed by atoms with E-state index in [2.05, 4.69) is 0 Å². The Morgan fingerprint density at radius 1 is 1.37 bits per heavy atom. The number of carboxylic acids is 1. The maximum atomic E-state index is 13.1. The second-order valence-corrected chi connectivity index (χ2v) is 5.98. The van der Waals surface area contributed by atoms with Gasteiger partial charge in [0.1, 0.15) is 11.9 Å². The molecule has 0 fully saturated rings. The van der Waals surface area contributed by atoms with E-state index in [9.17, 15) is 13.8 Å². The van der Waals surface area contributed by atoms with Gasteiger partial charge in [0.25, 0.3) is 0 Å². The van der Waals surface area contributed by atoms with Gasteiger partial charge in [-0.1, -0.05) is 6.07 Å². The number of hydrogen-bond acceptors (Lipinski definition) is 3. The lowest BCUT2D eigenvalue weighted by molar-refractivity contribution is -0.138. The fourth-order valence-electron chi connectivity index (χ4n) is 1.62. The summed E-state index contributed by atoms with van der Waals surface area (Å²) >= 11 is 0. The molecule has 0 heterocycles. The van der Waals surface area contributed by atoms with Crippen LogP contribution in [0.1, 0.15) is 11.1 Å². The molecule has 0 bridgehead atoms. The van der Waals surface area contributed by atoms with Crippen molar-refractivity contribution >= 4 is 13.6 Å². The summed E-state index contributed by atoms with van der Waals surface area (Å²) in [5.74, 6) is -1.77. The molecule has 8 heteroatoms. The van der Waals surface area contributed by atoms with Crippen LogP contribution in [0, 0.1) is 5.82 Å². The molecule has 0 saturated carbocycles. The minimum absolute atomic E-state index is 0.0340. The van der Waals surface area contributed by atoms with E-state index in [-0.39, 0.29) is 19.0 Å². The lowest BCUT2D eigenvalue weighted by Gasteiger charge is -2.12. The smallest absolute Gasteiger partial charge is 0.325 e. The van der Waals surface area contributed by atoms with Crippen LogP contribution in [-0.4, -0.2) is 33.1 Å². The lowest BCUT2D eigenvalue weighted by atomic mass is 9.99. The highest BCUT2D eigenvalue weighted by molar-refractivity contribution is 7.51. The first-order valence-corrected chi connectivity index (χ1v) is 7.29. The Kier molecular flexibility index (Phi) is 5.20. The predicted octanol–water partition coefficient (Wildman–Crippen LogP) is 0.500. The molecule has 1 atom stereocenters. The molecule has 0 radical (unpaired) electrons. The second kappa shape index (κ2) is 6.25. The van der Waals surface area contributed by atoms with Crippen molar-refractivity contribution in [1.82, 2.24) is 0 Å². The average molecular weight is 291 g/mol. The van der Waals surface area contributed by atoms with Crippen LogP contribution in [0.3, 0.4) is 0 Å². The molecule has 1 rings (SSSR count). The van der Waals surface area contributed by atoms with Crippen molar-refractivity contribution < 1.29 is 28.6 Å². The molecule has 5 N–H and O–H groups in total. The fraction of sp³-hybridized carbons (Fsp3) is 0.364. The number of benzene rings is 1. The normalized spacial score (nSPS) is 13.3. The van der Waals surface area contributed by atoms with Crippen molar-refractivity contribution in [1.29, 1.82) is 0 Å². The maximum absolute atomic E-state index is 13.1. The van der Waals surface area contributed by atoms with E-state index in [4.69, 9.17) is 20.6 Å². The fourth-order valence-corrected chi connectivity index (χ4v) is 2.15. The number of carbonyl (C=O) groups is 1. The van der Waals surface area contributed by atoms with Gasteiger partial charge < -0.3 is 20.6 Å². The number of rotatable bonds is 6. The zero-order chi connectivity index (χ0) is 14.6. The van der Waals surface area contributed by atoms with E-state index in [0.717, 1.165) is 12.1 Å². The number of halogens is 1. The Hall–Kier alpha value is -1.27. The van der Waals surface area contributed by atoms with Gasteiger partial charge in [0.05, 0.1) is 6.16 Å². The van der Waals surface area contributed by atoms with Crippen molar-refractivity contribution in [3.8, 4) is 0 Å². The van der Waals surface area contributed by atoms with Crippen molar-refractivity contribution in [3.05, 3.63) is 35.1 Å². The number of nitrogens with two attached hydrogens (primary N) is 1. The minimum Gasteiger partial charge on any atom is -0.480 e. The minimum atomic E-state index is -4.16. The molecule has 0 amide bonds. The SMILES string of the molecule is NC(Cc1cc(F)ccc1CCP(=O)(O)O)C(=O)O. The van der Waals surface area contributed by atoms with Gasteiger partial charge in [-0.15, -0.1) is 0 Å². The van der Waals surface area contributed by atoms with Gasteiger partial charge in [-0.25, -0.2) is 4.39 Å². The van der Waals surface area contributed by atoms with E-state index in [0.29, 0.717) is 11.1 Å². The molecular formula is C11H15FNO5P. The first-order chi connectivity index (χ1) is 8.69. The highest BCUT2D eigenvalue weighted by Crippen LogP contribution is 2.35. The summed E-state index contributed by atoms with van der Waals surface area (Å²) < 4.78 is 23.9. The van der Waals surface area contributed by atoms with Crippen LogP contribution in [0.2, 0.25) is 0 Å². The molecule has 0 aliphatic carbocycles. The van der Waals surface area contributed by atoms with Crippen LogP contribution in [-0.2, 0) is 22.2 Å². The first-order valence-electron chi connectivity index (χ1n) is 5.49. The van der Waals surface area contributed by atoms with Crippen molar-refractivity contribution in [2.24, 2.45) is 5.73 Å². The van der Waals surface area contributed by atoms with Gasteiger partial charge in [0.15, 0.2) is 0 Å². The monoisotopic (exact) mass is 291 g/mol. The van der Waals surface area contributed by atoms with Crippen molar-refractivity contribution in [2.45, 2.75) is 18.9 Å². The highest BCUT2D eigenvalue weighted by atomic mass is 31.2. The molecule has 0 spiro atoms. The summed E-state index contributed by atoms with van der Waals surface area (Å²) in [5.41, 5.74) is 6.21. The number of aryl methyl sites for hydroxylation is 1. The van der Waals surface area contributed by atoms with Crippen molar-refractivity contribution in [2.75, 3.05) is 6.16 Å². The molecule has 1 aromatic carbocycles. The third-order valence-corrected chi connectivity index (χ3v) is 3.40. The van der Waals surface area contributed by atoms with Crippen LogP contribution in [0.5, 0.6) is 0 Å². The molecule has 106 valence electrons. The van der Waals surface area contributed by atoms with Gasteiger partial charge in [-0.3, -0.25) is 9.36 Å². The highest BCUT2D eigenvalue weighted by Gasteiger charge is 2.18. The quantitative estimate of drug-likeness (QED) is 0.566. The standard InChI is InChI=1S/C11H15FNO5P/c12-9-2-1-7(3-4-19(16,17)18)8(5-9)6-10(13)11(14)15/h1-2,5,10H,3-4,6,13H2,(H,14,15)(H2,16,17,18). The van der Waals surface area contributed by atoms with Crippen LogP contribution in [0.4, 0.5) is 4.39 Å². The molecule has 6 nitrogen and oxygen atoms in total. The van der Waals surface area contributed by atoms with E-state index in [1.54, 1.807) is 0 Å². The second-order valence-electron chi connectivity index (χ2n) is 4.20. The predicted molar refractivity (Wildman–Crippen MR) is 66.3 cm³/mol. The molecule has 0 aliphatic heterocycles. The maximum Gasteiger partial charge on any atom is 0.325 e.